The number of carbonyl (C=O) groups is 1. The number of ketones is 1. The lowest BCUT2D eigenvalue weighted by molar-refractivity contribution is 0.0863. The maximum atomic E-state index is 13.4. The number of methoxy groups -OCH3 is 3. The lowest BCUT2D eigenvalue weighted by Gasteiger charge is -2.28. The second-order valence-electron chi connectivity index (χ2n) is 8.38. The number of pyridine rings is 1. The third-order valence-electron chi connectivity index (χ3n) is 6.41. The fourth-order valence-corrected chi connectivity index (χ4v) is 4.66. The first-order chi connectivity index (χ1) is 15.4. The Morgan fingerprint density at radius 2 is 1.69 bits per heavy atom. The molecule has 7 heteroatoms. The van der Waals surface area contributed by atoms with Crippen molar-refractivity contribution in [1.82, 2.24) is 4.57 Å². The summed E-state index contributed by atoms with van der Waals surface area (Å²) in [6.07, 6.45) is 5.70. The van der Waals surface area contributed by atoms with Gasteiger partial charge in [0.1, 0.15) is 11.3 Å². The van der Waals surface area contributed by atoms with Crippen molar-refractivity contribution in [2.75, 3.05) is 21.3 Å². The molecule has 1 aromatic carbocycles. The number of benzene rings is 1. The molecule has 0 spiro atoms. The quantitative estimate of drug-likeness (QED) is 0.578. The van der Waals surface area contributed by atoms with Crippen molar-refractivity contribution >= 4 is 5.78 Å². The van der Waals surface area contributed by atoms with Gasteiger partial charge in [-0.25, -0.2) is 0 Å². The van der Waals surface area contributed by atoms with Crippen LogP contribution in [0.25, 0.3) is 0 Å². The maximum absolute atomic E-state index is 13.4. The van der Waals surface area contributed by atoms with Crippen LogP contribution in [0, 0.1) is 11.8 Å². The molecule has 0 radical (unpaired) electrons. The minimum Gasteiger partial charge on any atom is -0.503 e. The third kappa shape index (κ3) is 4.76. The van der Waals surface area contributed by atoms with Crippen molar-refractivity contribution in [1.29, 1.82) is 0 Å². The van der Waals surface area contributed by atoms with Crippen LogP contribution in [0.5, 0.6) is 23.1 Å². The highest BCUT2D eigenvalue weighted by atomic mass is 16.5. The van der Waals surface area contributed by atoms with Crippen LogP contribution in [0.3, 0.4) is 0 Å². The smallest absolute Gasteiger partial charge is 0.268 e. The van der Waals surface area contributed by atoms with Crippen molar-refractivity contribution in [2.45, 2.75) is 52.0 Å². The van der Waals surface area contributed by atoms with Gasteiger partial charge in [-0.05, 0) is 49.3 Å². The molecule has 1 aliphatic carbocycles. The van der Waals surface area contributed by atoms with Gasteiger partial charge in [0.2, 0.25) is 11.6 Å². The van der Waals surface area contributed by atoms with Gasteiger partial charge in [-0.3, -0.25) is 14.2 Å². The summed E-state index contributed by atoms with van der Waals surface area (Å²) < 4.78 is 17.3. The lowest BCUT2D eigenvalue weighted by Crippen LogP contribution is -2.32. The first-order valence-corrected chi connectivity index (χ1v) is 11.2. The van der Waals surface area contributed by atoms with Gasteiger partial charge in [0.25, 0.3) is 5.56 Å². The molecule has 7 nitrogen and oxygen atoms in total. The van der Waals surface area contributed by atoms with E-state index < -0.39 is 11.3 Å². The summed E-state index contributed by atoms with van der Waals surface area (Å²) >= 11 is 0. The number of aromatic hydroxyl groups is 1. The van der Waals surface area contributed by atoms with E-state index in [2.05, 4.69) is 6.92 Å². The molecule has 0 aliphatic heterocycles. The topological polar surface area (TPSA) is 87.0 Å². The summed E-state index contributed by atoms with van der Waals surface area (Å²) in [5.74, 6) is 0.375. The summed E-state index contributed by atoms with van der Waals surface area (Å²) in [7, 11) is 4.36. The van der Waals surface area contributed by atoms with Crippen LogP contribution < -0.4 is 19.8 Å². The molecule has 1 saturated carbocycles. The van der Waals surface area contributed by atoms with Gasteiger partial charge < -0.3 is 19.3 Å². The summed E-state index contributed by atoms with van der Waals surface area (Å²) in [4.78, 5) is 26.8. The number of hydrogen-bond donors (Lipinski definition) is 1. The van der Waals surface area contributed by atoms with Gasteiger partial charge in [0.05, 0.1) is 27.9 Å². The Morgan fingerprint density at radius 3 is 2.22 bits per heavy atom. The number of rotatable bonds is 9. The molecule has 0 atom stereocenters. The van der Waals surface area contributed by atoms with Gasteiger partial charge >= 0.3 is 0 Å². The van der Waals surface area contributed by atoms with E-state index in [1.54, 1.807) is 19.2 Å². The predicted octanol–water partition coefficient (Wildman–Crippen LogP) is 4.42. The zero-order valence-electron chi connectivity index (χ0n) is 19.3. The molecule has 0 saturated heterocycles. The molecule has 1 heterocycles. The Labute approximate surface area is 188 Å². The molecule has 1 fully saturated rings. The van der Waals surface area contributed by atoms with Gasteiger partial charge in [-0.2, -0.15) is 0 Å². The lowest BCUT2D eigenvalue weighted by atomic mass is 9.77. The molecular weight excluding hydrogens is 410 g/mol. The van der Waals surface area contributed by atoms with Crippen LogP contribution >= 0.6 is 0 Å². The first-order valence-electron chi connectivity index (χ1n) is 11.2. The highest BCUT2D eigenvalue weighted by molar-refractivity contribution is 6.01. The molecule has 2 aromatic rings. The van der Waals surface area contributed by atoms with E-state index in [1.807, 2.05) is 12.1 Å². The van der Waals surface area contributed by atoms with Crippen LogP contribution in [0.15, 0.2) is 29.1 Å². The molecule has 32 heavy (non-hydrogen) atoms. The van der Waals surface area contributed by atoms with E-state index in [9.17, 15) is 14.7 Å². The van der Waals surface area contributed by atoms with Crippen LogP contribution in [0.2, 0.25) is 0 Å². The minimum absolute atomic E-state index is 0.0105. The molecule has 1 aromatic heterocycles. The van der Waals surface area contributed by atoms with E-state index in [0.717, 1.165) is 44.1 Å². The van der Waals surface area contributed by atoms with Crippen LogP contribution in [-0.2, 0) is 6.54 Å². The molecule has 0 bridgehead atoms. The van der Waals surface area contributed by atoms with Gasteiger partial charge in [0.15, 0.2) is 11.5 Å². The number of carbonyl (C=O) groups excluding carboxylic acids is 1. The highest BCUT2D eigenvalue weighted by Crippen LogP contribution is 2.40. The van der Waals surface area contributed by atoms with Crippen LogP contribution in [-0.4, -0.2) is 36.8 Å². The summed E-state index contributed by atoms with van der Waals surface area (Å²) in [5.41, 5.74) is 0.0316. The summed E-state index contributed by atoms with van der Waals surface area (Å²) in [6, 6.07) is 7.26. The fourth-order valence-electron chi connectivity index (χ4n) is 4.66. The summed E-state index contributed by atoms with van der Waals surface area (Å²) in [5, 5.41) is 10.8. The average molecular weight is 444 g/mol. The molecule has 174 valence electrons. The minimum atomic E-state index is -0.573. The number of aromatic nitrogens is 1. The number of hydrogen-bond acceptors (Lipinski definition) is 6. The predicted molar refractivity (Wildman–Crippen MR) is 122 cm³/mol. The van der Waals surface area contributed by atoms with E-state index >= 15 is 0 Å². The zero-order chi connectivity index (χ0) is 23.3. The second kappa shape index (κ2) is 10.6. The average Bonchev–Trinajstić information content (AvgIpc) is 2.81. The van der Waals surface area contributed by atoms with Crippen molar-refractivity contribution in [3.05, 3.63) is 45.7 Å². The molecule has 1 N–H and O–H groups in total. The molecule has 0 unspecified atom stereocenters. The second-order valence-corrected chi connectivity index (χ2v) is 8.38. The van der Waals surface area contributed by atoms with Crippen molar-refractivity contribution in [3.8, 4) is 23.1 Å². The van der Waals surface area contributed by atoms with Gasteiger partial charge in [-0.15, -0.1) is 0 Å². The highest BCUT2D eigenvalue weighted by Gasteiger charge is 2.33. The van der Waals surface area contributed by atoms with Crippen LogP contribution in [0.1, 0.15) is 61.4 Å². The van der Waals surface area contributed by atoms with E-state index in [1.165, 1.54) is 18.8 Å². The molecule has 1 aliphatic rings. The third-order valence-corrected chi connectivity index (χ3v) is 6.41. The standard InChI is InChI=1S/C25H33NO6/c1-5-6-16-7-11-18(12-8-16)21(27)20-22(28)23(31-3)25(32-4)26(24(20)29)15-17-9-13-19(30-2)14-10-17/h9-10,13-14,16,18,28H,5-8,11-12,15H2,1-4H3. The number of ether oxygens (including phenoxy) is 3. The first kappa shape index (κ1) is 23.7. The van der Waals surface area contributed by atoms with E-state index in [4.69, 9.17) is 14.2 Å². The number of nitrogens with zero attached hydrogens (tertiary/aromatic N) is 1. The largest absolute Gasteiger partial charge is 0.503 e. The summed E-state index contributed by atoms with van der Waals surface area (Å²) in [6.45, 7) is 2.33. The van der Waals surface area contributed by atoms with E-state index in [0.29, 0.717) is 11.7 Å². The molecule has 3 rings (SSSR count). The van der Waals surface area contributed by atoms with E-state index in [-0.39, 0.29) is 35.4 Å². The van der Waals surface area contributed by atoms with Crippen molar-refractivity contribution < 1.29 is 24.1 Å². The zero-order valence-corrected chi connectivity index (χ0v) is 19.3. The fraction of sp³-hybridized carbons (Fsp3) is 0.520. The van der Waals surface area contributed by atoms with Crippen molar-refractivity contribution in [3.63, 3.8) is 0 Å². The van der Waals surface area contributed by atoms with Gasteiger partial charge in [-0.1, -0.05) is 31.9 Å². The normalized spacial score (nSPS) is 18.2. The van der Waals surface area contributed by atoms with Crippen molar-refractivity contribution in [2.24, 2.45) is 11.8 Å². The van der Waals surface area contributed by atoms with Gasteiger partial charge in [0, 0.05) is 5.92 Å². The Balaban J connectivity index is 2.00. The number of Topliss-reactive ketones (excluding diaryl/α,β-unsaturated/α-hetero) is 1. The SMILES string of the molecule is CCCC1CCC(C(=O)c2c(O)c(OC)c(OC)n(Cc3ccc(OC)cc3)c2=O)CC1. The van der Waals surface area contributed by atoms with Crippen LogP contribution in [0.4, 0.5) is 0 Å². The Hall–Kier alpha value is -2.96. The maximum Gasteiger partial charge on any atom is 0.268 e. The Morgan fingerprint density at radius 1 is 1.03 bits per heavy atom. The molecular formula is C25H33NO6. The monoisotopic (exact) mass is 443 g/mol. The Bertz CT molecular complexity index is 987. The molecule has 0 amide bonds. The Kier molecular flexibility index (Phi) is 7.83.